The van der Waals surface area contributed by atoms with Gasteiger partial charge in [0, 0.05) is 26.1 Å². The minimum Gasteiger partial charge on any atom is -0.370 e. The van der Waals surface area contributed by atoms with E-state index in [1.165, 1.54) is 17.1 Å². The van der Waals surface area contributed by atoms with Gasteiger partial charge in [-0.3, -0.25) is 15.0 Å². The molecule has 3 N–H and O–H groups in total. The Bertz CT molecular complexity index is 265. The van der Waals surface area contributed by atoms with Gasteiger partial charge in [0.1, 0.15) is 6.23 Å². The van der Waals surface area contributed by atoms with Crippen molar-refractivity contribution in [3.05, 3.63) is 12.2 Å². The molecule has 0 bridgehead atoms. The van der Waals surface area contributed by atoms with E-state index < -0.39 is 6.23 Å². The Hall–Kier alpha value is -1.40. The maximum absolute atomic E-state index is 11.1. The highest BCUT2D eigenvalue weighted by molar-refractivity contribution is 5.90. The Balaban J connectivity index is 2.31. The first-order chi connectivity index (χ1) is 6.65. The van der Waals surface area contributed by atoms with E-state index in [2.05, 4.69) is 10.9 Å². The zero-order valence-corrected chi connectivity index (χ0v) is 7.86. The molecule has 78 valence electrons. The summed E-state index contributed by atoms with van der Waals surface area (Å²) in [5.41, 5.74) is 4.85. The standard InChI is InChI=1S/C8H13N3O3/c1-9-10-6(12)4-5-11-7(13)2-3-8(11)14/h2-3,7,9,13H,4-5H2,1H3,(H,10,12). The molecule has 0 aromatic heterocycles. The fraction of sp³-hybridized carbons (Fsp3) is 0.500. The lowest BCUT2D eigenvalue weighted by atomic mass is 10.3. The number of hydrogen-bond donors (Lipinski definition) is 3. The van der Waals surface area contributed by atoms with E-state index in [9.17, 15) is 14.7 Å². The van der Waals surface area contributed by atoms with Gasteiger partial charge in [-0.1, -0.05) is 0 Å². The number of carbonyl (C=O) groups excluding carboxylic acids is 2. The zero-order valence-electron chi connectivity index (χ0n) is 7.86. The number of aliphatic hydroxyl groups is 1. The van der Waals surface area contributed by atoms with Crippen molar-refractivity contribution in [2.24, 2.45) is 0 Å². The second-order valence-corrected chi connectivity index (χ2v) is 2.85. The molecule has 1 aliphatic heterocycles. The highest BCUT2D eigenvalue weighted by Crippen LogP contribution is 2.08. The summed E-state index contributed by atoms with van der Waals surface area (Å²) >= 11 is 0. The lowest BCUT2D eigenvalue weighted by Crippen LogP contribution is -2.39. The number of hydrazine groups is 1. The van der Waals surface area contributed by atoms with Crippen LogP contribution in [0, 0.1) is 0 Å². The molecule has 0 aromatic carbocycles. The Morgan fingerprint density at radius 2 is 2.43 bits per heavy atom. The van der Waals surface area contributed by atoms with Crippen LogP contribution in [0.4, 0.5) is 0 Å². The van der Waals surface area contributed by atoms with Crippen LogP contribution >= 0.6 is 0 Å². The molecule has 1 atom stereocenters. The van der Waals surface area contributed by atoms with Gasteiger partial charge in [-0.25, -0.2) is 5.43 Å². The van der Waals surface area contributed by atoms with Gasteiger partial charge in [-0.2, -0.15) is 0 Å². The third-order valence-electron chi connectivity index (χ3n) is 1.86. The zero-order chi connectivity index (χ0) is 10.6. The summed E-state index contributed by atoms with van der Waals surface area (Å²) in [5, 5.41) is 9.27. The number of nitrogens with one attached hydrogen (secondary N) is 2. The average Bonchev–Trinajstić information content (AvgIpc) is 2.44. The van der Waals surface area contributed by atoms with Gasteiger partial charge < -0.3 is 10.0 Å². The van der Waals surface area contributed by atoms with Gasteiger partial charge in [-0.15, -0.1) is 0 Å². The first kappa shape index (κ1) is 10.7. The molecule has 0 fully saturated rings. The molecule has 0 spiro atoms. The second-order valence-electron chi connectivity index (χ2n) is 2.85. The molecule has 0 saturated carbocycles. The minimum atomic E-state index is -0.898. The number of carbonyl (C=O) groups is 2. The van der Waals surface area contributed by atoms with Crippen molar-refractivity contribution in [2.75, 3.05) is 13.6 Å². The topological polar surface area (TPSA) is 81.7 Å². The summed E-state index contributed by atoms with van der Waals surface area (Å²) in [6.07, 6.45) is 1.94. The van der Waals surface area contributed by atoms with Crippen LogP contribution in [0.5, 0.6) is 0 Å². The maximum Gasteiger partial charge on any atom is 0.248 e. The van der Waals surface area contributed by atoms with Gasteiger partial charge in [0.05, 0.1) is 0 Å². The van der Waals surface area contributed by atoms with Gasteiger partial charge in [0.25, 0.3) is 0 Å². The monoisotopic (exact) mass is 199 g/mol. The minimum absolute atomic E-state index is 0.158. The molecule has 1 heterocycles. The highest BCUT2D eigenvalue weighted by Gasteiger charge is 2.23. The van der Waals surface area contributed by atoms with Gasteiger partial charge >= 0.3 is 0 Å². The molecule has 14 heavy (non-hydrogen) atoms. The van der Waals surface area contributed by atoms with Gasteiger partial charge in [0.2, 0.25) is 11.8 Å². The Kier molecular flexibility index (Phi) is 3.61. The number of amides is 2. The van der Waals surface area contributed by atoms with Crippen molar-refractivity contribution in [2.45, 2.75) is 12.6 Å². The average molecular weight is 199 g/mol. The fourth-order valence-electron chi connectivity index (χ4n) is 1.16. The Labute approximate surface area is 81.5 Å². The van der Waals surface area contributed by atoms with Crippen LogP contribution in [0.2, 0.25) is 0 Å². The van der Waals surface area contributed by atoms with E-state index in [1.807, 2.05) is 0 Å². The van der Waals surface area contributed by atoms with E-state index in [1.54, 1.807) is 7.05 Å². The quantitative estimate of drug-likeness (QED) is 0.473. The van der Waals surface area contributed by atoms with Crippen molar-refractivity contribution in [1.29, 1.82) is 0 Å². The molecule has 0 aromatic rings. The molecule has 6 heteroatoms. The van der Waals surface area contributed by atoms with E-state index >= 15 is 0 Å². The Morgan fingerprint density at radius 1 is 1.71 bits per heavy atom. The third kappa shape index (κ3) is 2.54. The van der Waals surface area contributed by atoms with Crippen molar-refractivity contribution in [3.63, 3.8) is 0 Å². The van der Waals surface area contributed by atoms with E-state index in [-0.39, 0.29) is 24.8 Å². The van der Waals surface area contributed by atoms with Crippen LogP contribution in [0.3, 0.4) is 0 Å². The first-order valence-corrected chi connectivity index (χ1v) is 4.27. The first-order valence-electron chi connectivity index (χ1n) is 4.27. The molecule has 2 amide bonds. The van der Waals surface area contributed by atoms with Crippen molar-refractivity contribution >= 4 is 11.8 Å². The molecule has 1 aliphatic rings. The van der Waals surface area contributed by atoms with E-state index in [0.717, 1.165) is 0 Å². The SMILES string of the molecule is CNNC(=O)CCN1C(=O)C=CC1O. The second kappa shape index (κ2) is 4.73. The predicted molar refractivity (Wildman–Crippen MR) is 48.7 cm³/mol. The summed E-state index contributed by atoms with van der Waals surface area (Å²) in [4.78, 5) is 23.3. The van der Waals surface area contributed by atoms with Gasteiger partial charge in [0.15, 0.2) is 0 Å². The fourth-order valence-corrected chi connectivity index (χ4v) is 1.16. The number of aliphatic hydroxyl groups excluding tert-OH is 1. The molecule has 0 radical (unpaired) electrons. The predicted octanol–water partition coefficient (Wildman–Crippen LogP) is -1.66. The lowest BCUT2D eigenvalue weighted by Gasteiger charge is -2.19. The number of rotatable bonds is 4. The van der Waals surface area contributed by atoms with Crippen LogP contribution in [0.25, 0.3) is 0 Å². The molecule has 6 nitrogen and oxygen atoms in total. The van der Waals surface area contributed by atoms with Crippen LogP contribution in [-0.4, -0.2) is 41.6 Å². The smallest absolute Gasteiger partial charge is 0.248 e. The van der Waals surface area contributed by atoms with E-state index in [0.29, 0.717) is 0 Å². The highest BCUT2D eigenvalue weighted by atomic mass is 16.3. The number of nitrogens with zero attached hydrogens (tertiary/aromatic N) is 1. The molecule has 0 saturated heterocycles. The van der Waals surface area contributed by atoms with Crippen molar-refractivity contribution < 1.29 is 14.7 Å². The Morgan fingerprint density at radius 3 is 2.93 bits per heavy atom. The lowest BCUT2D eigenvalue weighted by molar-refractivity contribution is -0.131. The summed E-state index contributed by atoms with van der Waals surface area (Å²) in [7, 11) is 1.58. The van der Waals surface area contributed by atoms with E-state index in [4.69, 9.17) is 0 Å². The largest absolute Gasteiger partial charge is 0.370 e. The van der Waals surface area contributed by atoms with Crippen molar-refractivity contribution in [3.8, 4) is 0 Å². The third-order valence-corrected chi connectivity index (χ3v) is 1.86. The molecule has 1 unspecified atom stereocenters. The van der Waals surface area contributed by atoms with Crippen LogP contribution < -0.4 is 10.9 Å². The van der Waals surface area contributed by atoms with Crippen LogP contribution in [0.15, 0.2) is 12.2 Å². The number of hydrogen-bond acceptors (Lipinski definition) is 4. The van der Waals surface area contributed by atoms with Gasteiger partial charge in [-0.05, 0) is 6.08 Å². The summed E-state index contributed by atoms with van der Waals surface area (Å²) < 4.78 is 0. The summed E-state index contributed by atoms with van der Waals surface area (Å²) in [6.45, 7) is 0.209. The van der Waals surface area contributed by atoms with Crippen molar-refractivity contribution in [1.82, 2.24) is 15.8 Å². The van der Waals surface area contributed by atoms with Crippen LogP contribution in [0.1, 0.15) is 6.42 Å². The maximum atomic E-state index is 11.1. The van der Waals surface area contributed by atoms with Crippen LogP contribution in [-0.2, 0) is 9.59 Å². The summed E-state index contributed by atoms with van der Waals surface area (Å²) in [6, 6.07) is 0. The normalized spacial score (nSPS) is 20.3. The summed E-state index contributed by atoms with van der Waals surface area (Å²) in [5.74, 6) is -0.492. The molecule has 0 aliphatic carbocycles. The molecular weight excluding hydrogens is 186 g/mol. The molecular formula is C8H13N3O3. The molecule has 1 rings (SSSR count).